The molecule has 0 spiro atoms. The Morgan fingerprint density at radius 2 is 2.19 bits per heavy atom. The first-order valence-electron chi connectivity index (χ1n) is 5.98. The van der Waals surface area contributed by atoms with Gasteiger partial charge in [-0.2, -0.15) is 0 Å². The van der Waals surface area contributed by atoms with Gasteiger partial charge in [-0.1, -0.05) is 6.07 Å². The van der Waals surface area contributed by atoms with Crippen LogP contribution in [0.15, 0.2) is 18.2 Å². The SMILES string of the molecule is Oc1ccc2c(c1)C(NC1COC1)CCC2. The van der Waals surface area contributed by atoms with Gasteiger partial charge < -0.3 is 15.2 Å². The first-order valence-corrected chi connectivity index (χ1v) is 5.98. The van der Waals surface area contributed by atoms with Crippen LogP contribution >= 0.6 is 0 Å². The van der Waals surface area contributed by atoms with Gasteiger partial charge in [0.25, 0.3) is 0 Å². The average Bonchev–Trinajstić information content (AvgIpc) is 2.23. The Hall–Kier alpha value is -1.06. The molecule has 0 bridgehead atoms. The summed E-state index contributed by atoms with van der Waals surface area (Å²) in [6.07, 6.45) is 3.52. The van der Waals surface area contributed by atoms with Crippen LogP contribution in [-0.4, -0.2) is 24.4 Å². The number of phenolic OH excluding ortho intramolecular Hbond substituents is 1. The summed E-state index contributed by atoms with van der Waals surface area (Å²) in [7, 11) is 0. The van der Waals surface area contributed by atoms with E-state index in [0.29, 0.717) is 17.8 Å². The number of hydrogen-bond donors (Lipinski definition) is 2. The number of benzene rings is 1. The van der Waals surface area contributed by atoms with Crippen molar-refractivity contribution >= 4 is 0 Å². The molecule has 1 aliphatic carbocycles. The first kappa shape index (κ1) is 10.1. The molecule has 1 saturated heterocycles. The van der Waals surface area contributed by atoms with Crippen LogP contribution in [0, 0.1) is 0 Å². The molecule has 0 radical (unpaired) electrons. The van der Waals surface area contributed by atoms with Gasteiger partial charge in [-0.25, -0.2) is 0 Å². The lowest BCUT2D eigenvalue weighted by atomic mass is 9.87. The number of aromatic hydroxyl groups is 1. The molecule has 0 saturated carbocycles. The van der Waals surface area contributed by atoms with Crippen LogP contribution in [0.5, 0.6) is 5.75 Å². The summed E-state index contributed by atoms with van der Waals surface area (Å²) in [4.78, 5) is 0. The molecule has 3 heteroatoms. The molecule has 86 valence electrons. The maximum atomic E-state index is 9.56. The molecule has 16 heavy (non-hydrogen) atoms. The summed E-state index contributed by atoms with van der Waals surface area (Å²) in [5, 5.41) is 13.2. The fourth-order valence-corrected chi connectivity index (χ4v) is 2.58. The Labute approximate surface area is 95.4 Å². The molecule has 1 aliphatic heterocycles. The minimum absolute atomic E-state index is 0.373. The van der Waals surface area contributed by atoms with E-state index in [9.17, 15) is 5.11 Å². The number of fused-ring (bicyclic) bond motifs is 1. The molecular weight excluding hydrogens is 202 g/mol. The molecule has 1 heterocycles. The lowest BCUT2D eigenvalue weighted by Gasteiger charge is -2.34. The maximum absolute atomic E-state index is 9.56. The molecule has 1 aromatic carbocycles. The number of hydrogen-bond acceptors (Lipinski definition) is 3. The Balaban J connectivity index is 1.83. The van der Waals surface area contributed by atoms with Gasteiger partial charge in [-0.15, -0.1) is 0 Å². The van der Waals surface area contributed by atoms with Crippen LogP contribution in [0.3, 0.4) is 0 Å². The van der Waals surface area contributed by atoms with Crippen LogP contribution in [0.2, 0.25) is 0 Å². The van der Waals surface area contributed by atoms with E-state index in [-0.39, 0.29) is 0 Å². The van der Waals surface area contributed by atoms with Gasteiger partial charge in [-0.05, 0) is 42.5 Å². The smallest absolute Gasteiger partial charge is 0.115 e. The van der Waals surface area contributed by atoms with Crippen molar-refractivity contribution in [3.63, 3.8) is 0 Å². The van der Waals surface area contributed by atoms with E-state index in [1.54, 1.807) is 6.07 Å². The molecule has 2 N–H and O–H groups in total. The lowest BCUT2D eigenvalue weighted by molar-refractivity contribution is -0.0110. The molecule has 0 amide bonds. The number of phenols is 1. The minimum Gasteiger partial charge on any atom is -0.508 e. The van der Waals surface area contributed by atoms with Crippen molar-refractivity contribution in [1.82, 2.24) is 5.32 Å². The molecule has 1 aromatic rings. The van der Waals surface area contributed by atoms with Gasteiger partial charge in [-0.3, -0.25) is 0 Å². The van der Waals surface area contributed by atoms with Gasteiger partial charge in [0.05, 0.1) is 19.3 Å². The monoisotopic (exact) mass is 219 g/mol. The van der Waals surface area contributed by atoms with Crippen molar-refractivity contribution in [1.29, 1.82) is 0 Å². The van der Waals surface area contributed by atoms with Crippen LogP contribution < -0.4 is 5.32 Å². The van der Waals surface area contributed by atoms with Gasteiger partial charge >= 0.3 is 0 Å². The summed E-state index contributed by atoms with van der Waals surface area (Å²) < 4.78 is 5.18. The highest BCUT2D eigenvalue weighted by Gasteiger charge is 2.26. The van der Waals surface area contributed by atoms with E-state index >= 15 is 0 Å². The second-order valence-corrected chi connectivity index (χ2v) is 4.73. The zero-order valence-corrected chi connectivity index (χ0v) is 9.28. The second kappa shape index (κ2) is 4.07. The normalized spacial score (nSPS) is 24.9. The van der Waals surface area contributed by atoms with Crippen molar-refractivity contribution in [2.75, 3.05) is 13.2 Å². The highest BCUT2D eigenvalue weighted by molar-refractivity contribution is 5.38. The van der Waals surface area contributed by atoms with Gasteiger partial charge in [0, 0.05) is 6.04 Å². The lowest BCUT2D eigenvalue weighted by Crippen LogP contribution is -2.47. The maximum Gasteiger partial charge on any atom is 0.115 e. The fraction of sp³-hybridized carbons (Fsp3) is 0.538. The third-order valence-electron chi connectivity index (χ3n) is 3.52. The third kappa shape index (κ3) is 1.81. The quantitative estimate of drug-likeness (QED) is 0.796. The zero-order chi connectivity index (χ0) is 11.0. The highest BCUT2D eigenvalue weighted by atomic mass is 16.5. The summed E-state index contributed by atoms with van der Waals surface area (Å²) in [6, 6.07) is 6.64. The van der Waals surface area contributed by atoms with E-state index in [1.165, 1.54) is 17.5 Å². The molecule has 1 atom stereocenters. The van der Waals surface area contributed by atoms with Crippen molar-refractivity contribution in [3.8, 4) is 5.75 Å². The molecule has 0 aromatic heterocycles. The molecule has 3 nitrogen and oxygen atoms in total. The third-order valence-corrected chi connectivity index (χ3v) is 3.52. The Bertz CT molecular complexity index is 388. The van der Waals surface area contributed by atoms with Crippen LogP contribution in [0.1, 0.15) is 30.0 Å². The van der Waals surface area contributed by atoms with E-state index in [1.807, 2.05) is 6.07 Å². The number of ether oxygens (including phenoxy) is 1. The zero-order valence-electron chi connectivity index (χ0n) is 9.28. The summed E-state index contributed by atoms with van der Waals surface area (Å²) in [6.45, 7) is 1.65. The Morgan fingerprint density at radius 3 is 2.94 bits per heavy atom. The van der Waals surface area contributed by atoms with E-state index in [2.05, 4.69) is 11.4 Å². The predicted molar refractivity (Wildman–Crippen MR) is 61.5 cm³/mol. The predicted octanol–water partition coefficient (Wildman–Crippen LogP) is 1.76. The Morgan fingerprint density at radius 1 is 1.31 bits per heavy atom. The summed E-state index contributed by atoms with van der Waals surface area (Å²) >= 11 is 0. The van der Waals surface area contributed by atoms with Crippen LogP contribution in [-0.2, 0) is 11.2 Å². The van der Waals surface area contributed by atoms with Crippen molar-refractivity contribution in [2.45, 2.75) is 31.3 Å². The van der Waals surface area contributed by atoms with Crippen LogP contribution in [0.4, 0.5) is 0 Å². The van der Waals surface area contributed by atoms with Gasteiger partial charge in [0.2, 0.25) is 0 Å². The van der Waals surface area contributed by atoms with Gasteiger partial charge in [0.15, 0.2) is 0 Å². The summed E-state index contributed by atoms with van der Waals surface area (Å²) in [5.74, 6) is 0.373. The van der Waals surface area contributed by atoms with E-state index in [4.69, 9.17) is 4.74 Å². The van der Waals surface area contributed by atoms with Crippen LogP contribution in [0.25, 0.3) is 0 Å². The summed E-state index contributed by atoms with van der Waals surface area (Å²) in [5.41, 5.74) is 2.65. The molecule has 1 unspecified atom stereocenters. The second-order valence-electron chi connectivity index (χ2n) is 4.73. The van der Waals surface area contributed by atoms with E-state index in [0.717, 1.165) is 26.1 Å². The largest absolute Gasteiger partial charge is 0.508 e. The minimum atomic E-state index is 0.373. The number of nitrogens with one attached hydrogen (secondary N) is 1. The number of rotatable bonds is 2. The first-order chi connectivity index (χ1) is 7.83. The molecule has 1 fully saturated rings. The Kier molecular flexibility index (Phi) is 2.58. The van der Waals surface area contributed by atoms with Crippen molar-refractivity contribution < 1.29 is 9.84 Å². The van der Waals surface area contributed by atoms with Crippen molar-refractivity contribution in [3.05, 3.63) is 29.3 Å². The standard InChI is InChI=1S/C13H17NO2/c15-11-5-4-9-2-1-3-13(12(9)6-11)14-10-7-16-8-10/h4-6,10,13-15H,1-3,7-8H2. The molecular formula is C13H17NO2. The van der Waals surface area contributed by atoms with Crippen molar-refractivity contribution in [2.24, 2.45) is 0 Å². The number of aryl methyl sites for hydroxylation is 1. The fourth-order valence-electron chi connectivity index (χ4n) is 2.58. The average molecular weight is 219 g/mol. The highest BCUT2D eigenvalue weighted by Crippen LogP contribution is 2.32. The van der Waals surface area contributed by atoms with E-state index < -0.39 is 0 Å². The molecule has 2 aliphatic rings. The molecule has 3 rings (SSSR count). The van der Waals surface area contributed by atoms with Gasteiger partial charge in [0.1, 0.15) is 5.75 Å². The topological polar surface area (TPSA) is 41.5 Å².